The Morgan fingerprint density at radius 2 is 1.91 bits per heavy atom. The minimum absolute atomic E-state index is 0.00318. The number of hydrogen-bond donors (Lipinski definition) is 2. The van der Waals surface area contributed by atoms with Crippen molar-refractivity contribution in [2.24, 2.45) is 0 Å². The smallest absolute Gasteiger partial charge is 0.237 e. The molecule has 5 rings (SSSR count). The van der Waals surface area contributed by atoms with Crippen LogP contribution < -0.4 is 15.4 Å². The highest BCUT2D eigenvalue weighted by Crippen LogP contribution is 2.37. The molecule has 4 aromatic rings. The lowest BCUT2D eigenvalue weighted by atomic mass is 9.99. The van der Waals surface area contributed by atoms with Gasteiger partial charge in [-0.1, -0.05) is 19.1 Å². The molecular weight excluding hydrogens is 469 g/mol. The number of aromatic nitrogens is 3. The molecule has 0 aliphatic carbocycles. The average molecular weight is 494 g/mol. The van der Waals surface area contributed by atoms with Gasteiger partial charge in [-0.3, -0.25) is 0 Å². The maximum absolute atomic E-state index is 15.1. The molecule has 2 N–H and O–H groups in total. The predicted molar refractivity (Wildman–Crippen MR) is 134 cm³/mol. The number of rotatable bonds is 6. The van der Waals surface area contributed by atoms with E-state index in [1.165, 1.54) is 6.07 Å². The molecule has 1 aliphatic heterocycles. The van der Waals surface area contributed by atoms with Crippen molar-refractivity contribution < 1.29 is 17.5 Å². The SMILES string of the molecule is CCS(=O)(=O)Cc1ccc(Nc2ncc3cc(F)c(-c4cnc5c(c4C)NCCO5)cc3n2)cc1. The third-order valence-corrected chi connectivity index (χ3v) is 7.59. The van der Waals surface area contributed by atoms with Crippen LogP contribution in [0.25, 0.3) is 22.0 Å². The second-order valence-electron chi connectivity index (χ2n) is 8.34. The molecular formula is C25H24FN5O3S. The van der Waals surface area contributed by atoms with Gasteiger partial charge in [0.05, 0.1) is 11.3 Å². The quantitative estimate of drug-likeness (QED) is 0.401. The molecule has 0 radical (unpaired) electrons. The van der Waals surface area contributed by atoms with Crippen molar-refractivity contribution in [3.63, 3.8) is 0 Å². The van der Waals surface area contributed by atoms with Crippen molar-refractivity contribution in [3.05, 3.63) is 65.7 Å². The molecule has 0 unspecified atom stereocenters. The average Bonchev–Trinajstić information content (AvgIpc) is 2.85. The molecule has 0 bridgehead atoms. The molecule has 35 heavy (non-hydrogen) atoms. The normalized spacial score (nSPS) is 13.1. The molecule has 0 amide bonds. The molecule has 180 valence electrons. The van der Waals surface area contributed by atoms with Gasteiger partial charge in [-0.2, -0.15) is 0 Å². The van der Waals surface area contributed by atoms with Crippen LogP contribution in [0.2, 0.25) is 0 Å². The third kappa shape index (κ3) is 4.74. The van der Waals surface area contributed by atoms with Gasteiger partial charge in [-0.05, 0) is 42.3 Å². The largest absolute Gasteiger partial charge is 0.474 e. The number of benzene rings is 2. The molecule has 0 atom stereocenters. The van der Waals surface area contributed by atoms with Crippen LogP contribution >= 0.6 is 0 Å². The highest BCUT2D eigenvalue weighted by molar-refractivity contribution is 7.90. The lowest BCUT2D eigenvalue weighted by molar-refractivity contribution is 0.310. The first-order valence-corrected chi connectivity index (χ1v) is 13.0. The number of anilines is 3. The summed E-state index contributed by atoms with van der Waals surface area (Å²) in [6.07, 6.45) is 3.18. The van der Waals surface area contributed by atoms with Crippen LogP contribution in [0.15, 0.2) is 48.8 Å². The topological polar surface area (TPSA) is 106 Å². The molecule has 8 nitrogen and oxygen atoms in total. The van der Waals surface area contributed by atoms with E-state index in [2.05, 4.69) is 25.6 Å². The molecule has 10 heteroatoms. The van der Waals surface area contributed by atoms with E-state index >= 15 is 4.39 Å². The zero-order chi connectivity index (χ0) is 24.6. The summed E-state index contributed by atoms with van der Waals surface area (Å²) in [5.41, 5.74) is 4.68. The molecule has 0 fully saturated rings. The summed E-state index contributed by atoms with van der Waals surface area (Å²) < 4.78 is 44.3. The number of pyridine rings is 1. The third-order valence-electron chi connectivity index (χ3n) is 5.94. The standard InChI is InChI=1S/C25H24FN5O3S/c1-3-35(32,33)14-16-4-6-18(7-5-16)30-25-29-12-17-10-21(26)19(11-22(17)31-25)20-13-28-24-23(15(20)2)27-8-9-34-24/h4-7,10-13,27H,3,8-9,14H2,1-2H3,(H,29,30,31). The Morgan fingerprint density at radius 1 is 1.11 bits per heavy atom. The summed E-state index contributed by atoms with van der Waals surface area (Å²) in [5.74, 6) is 0.584. The van der Waals surface area contributed by atoms with E-state index in [-0.39, 0.29) is 17.3 Å². The Balaban J connectivity index is 1.44. The first kappa shape index (κ1) is 23.0. The van der Waals surface area contributed by atoms with E-state index in [1.54, 1.807) is 49.6 Å². The molecule has 2 aromatic heterocycles. The zero-order valence-electron chi connectivity index (χ0n) is 19.3. The van der Waals surface area contributed by atoms with E-state index in [4.69, 9.17) is 4.74 Å². The fraction of sp³-hybridized carbons (Fsp3) is 0.240. The lowest BCUT2D eigenvalue weighted by Gasteiger charge is -2.21. The van der Waals surface area contributed by atoms with E-state index in [9.17, 15) is 8.42 Å². The van der Waals surface area contributed by atoms with Gasteiger partial charge in [0.1, 0.15) is 18.1 Å². The molecule has 2 aromatic carbocycles. The molecule has 0 saturated carbocycles. The van der Waals surface area contributed by atoms with E-state index in [0.717, 1.165) is 11.3 Å². The van der Waals surface area contributed by atoms with Gasteiger partial charge < -0.3 is 15.4 Å². The van der Waals surface area contributed by atoms with Crippen LogP contribution in [0.5, 0.6) is 5.88 Å². The summed E-state index contributed by atoms with van der Waals surface area (Å²) in [5, 5.41) is 6.97. The number of fused-ring (bicyclic) bond motifs is 2. The van der Waals surface area contributed by atoms with Crippen molar-refractivity contribution in [1.82, 2.24) is 15.0 Å². The van der Waals surface area contributed by atoms with Gasteiger partial charge in [0.25, 0.3) is 0 Å². The van der Waals surface area contributed by atoms with E-state index in [0.29, 0.717) is 58.3 Å². The number of nitrogens with one attached hydrogen (secondary N) is 2. The second kappa shape index (κ2) is 9.10. The van der Waals surface area contributed by atoms with Crippen molar-refractivity contribution in [2.75, 3.05) is 29.5 Å². The first-order valence-electron chi connectivity index (χ1n) is 11.2. The van der Waals surface area contributed by atoms with Crippen LogP contribution in [0, 0.1) is 12.7 Å². The van der Waals surface area contributed by atoms with Crippen molar-refractivity contribution in [1.29, 1.82) is 0 Å². The summed E-state index contributed by atoms with van der Waals surface area (Å²) in [4.78, 5) is 13.2. The maximum Gasteiger partial charge on any atom is 0.237 e. The Bertz CT molecular complexity index is 1520. The summed E-state index contributed by atoms with van der Waals surface area (Å²) in [6, 6.07) is 10.2. The minimum Gasteiger partial charge on any atom is -0.474 e. The van der Waals surface area contributed by atoms with E-state index in [1.807, 2.05) is 6.92 Å². The Kier molecular flexibility index (Phi) is 5.98. The van der Waals surface area contributed by atoms with Crippen LogP contribution in [0.4, 0.5) is 21.7 Å². The number of halogens is 1. The fourth-order valence-electron chi connectivity index (χ4n) is 3.98. The van der Waals surface area contributed by atoms with Crippen LogP contribution in [0.3, 0.4) is 0 Å². The Hall–Kier alpha value is -3.79. The number of hydrogen-bond acceptors (Lipinski definition) is 8. The van der Waals surface area contributed by atoms with Gasteiger partial charge in [0.2, 0.25) is 11.8 Å². The monoisotopic (exact) mass is 493 g/mol. The highest BCUT2D eigenvalue weighted by atomic mass is 32.2. The fourth-order valence-corrected chi connectivity index (χ4v) is 4.88. The van der Waals surface area contributed by atoms with Gasteiger partial charge in [0, 0.05) is 46.9 Å². The van der Waals surface area contributed by atoms with Crippen LogP contribution in [-0.4, -0.2) is 42.3 Å². The summed E-state index contributed by atoms with van der Waals surface area (Å²) >= 11 is 0. The van der Waals surface area contributed by atoms with Crippen molar-refractivity contribution in [2.45, 2.75) is 19.6 Å². The van der Waals surface area contributed by atoms with Crippen molar-refractivity contribution >= 4 is 38.1 Å². The van der Waals surface area contributed by atoms with Crippen LogP contribution in [0.1, 0.15) is 18.1 Å². The van der Waals surface area contributed by atoms with Gasteiger partial charge >= 0.3 is 0 Å². The van der Waals surface area contributed by atoms with Gasteiger partial charge in [0.15, 0.2) is 9.84 Å². The summed E-state index contributed by atoms with van der Waals surface area (Å²) in [6.45, 7) is 4.74. The van der Waals surface area contributed by atoms with E-state index < -0.39 is 9.84 Å². The predicted octanol–water partition coefficient (Wildman–Crippen LogP) is 4.62. The summed E-state index contributed by atoms with van der Waals surface area (Å²) in [7, 11) is -3.10. The highest BCUT2D eigenvalue weighted by Gasteiger charge is 2.19. The Morgan fingerprint density at radius 3 is 2.69 bits per heavy atom. The molecule has 1 aliphatic rings. The molecule has 0 spiro atoms. The number of nitrogens with zero attached hydrogens (tertiary/aromatic N) is 3. The van der Waals surface area contributed by atoms with Gasteiger partial charge in [-0.15, -0.1) is 0 Å². The minimum atomic E-state index is -3.10. The number of ether oxygens (including phenoxy) is 1. The maximum atomic E-state index is 15.1. The number of sulfone groups is 1. The lowest BCUT2D eigenvalue weighted by Crippen LogP contribution is -2.20. The first-order chi connectivity index (χ1) is 16.8. The molecule has 0 saturated heterocycles. The van der Waals surface area contributed by atoms with Crippen LogP contribution in [-0.2, 0) is 15.6 Å². The Labute approximate surface area is 202 Å². The second-order valence-corrected chi connectivity index (χ2v) is 10.7. The molecule has 3 heterocycles. The van der Waals surface area contributed by atoms with Crippen molar-refractivity contribution in [3.8, 4) is 17.0 Å². The van der Waals surface area contributed by atoms with Gasteiger partial charge in [-0.25, -0.2) is 27.8 Å². The zero-order valence-corrected chi connectivity index (χ0v) is 20.1.